The van der Waals surface area contributed by atoms with E-state index in [4.69, 9.17) is 5.73 Å². The molecule has 3 N–H and O–H groups in total. The Morgan fingerprint density at radius 2 is 2.00 bits per heavy atom. The van der Waals surface area contributed by atoms with Crippen LogP contribution in [-0.4, -0.2) is 42.4 Å². The van der Waals surface area contributed by atoms with Crippen molar-refractivity contribution < 1.29 is 9.59 Å². The van der Waals surface area contributed by atoms with Gasteiger partial charge in [0.15, 0.2) is 0 Å². The van der Waals surface area contributed by atoms with Crippen molar-refractivity contribution in [1.29, 1.82) is 0 Å². The second kappa shape index (κ2) is 9.53. The van der Waals surface area contributed by atoms with Gasteiger partial charge in [0.2, 0.25) is 11.8 Å². The molecule has 0 spiro atoms. The molecule has 1 saturated heterocycles. The maximum Gasteiger partial charge on any atom is 0.242 e. The van der Waals surface area contributed by atoms with Gasteiger partial charge in [-0.2, -0.15) is 0 Å². The van der Waals surface area contributed by atoms with Crippen LogP contribution in [0.5, 0.6) is 0 Å². The van der Waals surface area contributed by atoms with Gasteiger partial charge in [0.05, 0.1) is 6.54 Å². The molecule has 1 aliphatic heterocycles. The number of hydrogen-bond donors (Lipinski definition) is 2. The van der Waals surface area contributed by atoms with Crippen molar-refractivity contribution in [3.63, 3.8) is 0 Å². The molecule has 1 heterocycles. The number of amides is 2. The zero-order valence-electron chi connectivity index (χ0n) is 13.6. The highest BCUT2D eigenvalue weighted by Gasteiger charge is 2.27. The van der Waals surface area contributed by atoms with E-state index >= 15 is 0 Å². The van der Waals surface area contributed by atoms with Crippen LogP contribution in [0.25, 0.3) is 0 Å². The fourth-order valence-corrected chi connectivity index (χ4v) is 2.79. The lowest BCUT2D eigenvalue weighted by atomic mass is 10.1. The minimum atomic E-state index is -0.0857. The van der Waals surface area contributed by atoms with Gasteiger partial charge in [-0.15, -0.1) is 12.4 Å². The van der Waals surface area contributed by atoms with Crippen LogP contribution in [0.15, 0.2) is 24.3 Å². The van der Waals surface area contributed by atoms with E-state index < -0.39 is 0 Å². The fraction of sp³-hybridized carbons (Fsp3) is 0.529. The molecule has 1 atom stereocenters. The first kappa shape index (κ1) is 19.5. The van der Waals surface area contributed by atoms with Gasteiger partial charge in [0.25, 0.3) is 0 Å². The molecular formula is C17H26ClN3O2. The molecule has 1 fully saturated rings. The van der Waals surface area contributed by atoms with Gasteiger partial charge in [-0.25, -0.2) is 0 Å². The molecule has 2 amide bonds. The zero-order chi connectivity index (χ0) is 15.9. The van der Waals surface area contributed by atoms with E-state index in [0.717, 1.165) is 24.9 Å². The van der Waals surface area contributed by atoms with Crippen LogP contribution in [0.3, 0.4) is 0 Å². The largest absolute Gasteiger partial charge is 0.347 e. The molecule has 0 bridgehead atoms. The zero-order valence-corrected chi connectivity index (χ0v) is 14.4. The van der Waals surface area contributed by atoms with Crippen LogP contribution >= 0.6 is 12.4 Å². The Bertz CT molecular complexity index is 519. The lowest BCUT2D eigenvalue weighted by Crippen LogP contribution is -2.45. The average molecular weight is 340 g/mol. The molecule has 0 aromatic heterocycles. The molecule has 128 valence electrons. The lowest BCUT2D eigenvalue weighted by molar-refractivity contribution is -0.133. The molecule has 6 heteroatoms. The maximum absolute atomic E-state index is 12.1. The number of nitrogens with one attached hydrogen (secondary N) is 1. The number of halogens is 1. The van der Waals surface area contributed by atoms with Gasteiger partial charge in [-0.1, -0.05) is 29.8 Å². The van der Waals surface area contributed by atoms with Crippen LogP contribution in [0.2, 0.25) is 0 Å². The number of benzene rings is 1. The van der Waals surface area contributed by atoms with Gasteiger partial charge in [0.1, 0.15) is 0 Å². The molecule has 5 nitrogen and oxygen atoms in total. The Labute approximate surface area is 144 Å². The van der Waals surface area contributed by atoms with E-state index in [1.54, 1.807) is 4.90 Å². The number of likely N-dealkylation sites (tertiary alicyclic amines) is 1. The minimum absolute atomic E-state index is 0. The summed E-state index contributed by atoms with van der Waals surface area (Å²) >= 11 is 0. The van der Waals surface area contributed by atoms with Crippen molar-refractivity contribution in [2.24, 2.45) is 5.73 Å². The van der Waals surface area contributed by atoms with E-state index in [1.165, 1.54) is 5.56 Å². The quantitative estimate of drug-likeness (QED) is 0.823. The third-order valence-electron chi connectivity index (χ3n) is 4.17. The number of hydrogen-bond acceptors (Lipinski definition) is 3. The van der Waals surface area contributed by atoms with E-state index in [1.807, 2.05) is 31.2 Å². The highest BCUT2D eigenvalue weighted by atomic mass is 35.5. The number of nitrogens with two attached hydrogens (primary N) is 1. The smallest absolute Gasteiger partial charge is 0.242 e. The fourth-order valence-electron chi connectivity index (χ4n) is 2.79. The number of aryl methyl sites for hydroxylation is 2. The van der Waals surface area contributed by atoms with Crippen LogP contribution in [-0.2, 0) is 16.0 Å². The van der Waals surface area contributed by atoms with Crippen molar-refractivity contribution in [2.45, 2.75) is 38.6 Å². The summed E-state index contributed by atoms with van der Waals surface area (Å²) < 4.78 is 0. The summed E-state index contributed by atoms with van der Waals surface area (Å²) in [5, 5.41) is 2.71. The van der Waals surface area contributed by atoms with Gasteiger partial charge >= 0.3 is 0 Å². The van der Waals surface area contributed by atoms with Crippen molar-refractivity contribution in [1.82, 2.24) is 10.2 Å². The molecule has 0 aliphatic carbocycles. The van der Waals surface area contributed by atoms with Crippen molar-refractivity contribution in [3.8, 4) is 0 Å². The minimum Gasteiger partial charge on any atom is -0.347 e. The third kappa shape index (κ3) is 5.84. The summed E-state index contributed by atoms with van der Waals surface area (Å²) in [6.45, 7) is 3.35. The van der Waals surface area contributed by atoms with Crippen LogP contribution < -0.4 is 11.1 Å². The monoisotopic (exact) mass is 339 g/mol. The molecule has 1 aromatic carbocycles. The summed E-state index contributed by atoms with van der Waals surface area (Å²) in [4.78, 5) is 25.7. The Morgan fingerprint density at radius 3 is 2.65 bits per heavy atom. The second-order valence-corrected chi connectivity index (χ2v) is 5.88. The first-order valence-corrected chi connectivity index (χ1v) is 7.92. The Morgan fingerprint density at radius 1 is 1.30 bits per heavy atom. The summed E-state index contributed by atoms with van der Waals surface area (Å²) in [6.07, 6.45) is 3.05. The Balaban J connectivity index is 0.00000264. The first-order valence-electron chi connectivity index (χ1n) is 7.92. The molecule has 1 aliphatic rings. The molecule has 2 rings (SSSR count). The lowest BCUT2D eigenvalue weighted by Gasteiger charge is -2.23. The highest BCUT2D eigenvalue weighted by Crippen LogP contribution is 2.15. The molecule has 1 aromatic rings. The van der Waals surface area contributed by atoms with Crippen LogP contribution in [0.4, 0.5) is 0 Å². The first-order chi connectivity index (χ1) is 10.6. The predicted molar refractivity (Wildman–Crippen MR) is 93.5 cm³/mol. The number of carbonyl (C=O) groups is 2. The van der Waals surface area contributed by atoms with Crippen LogP contribution in [0.1, 0.15) is 30.4 Å². The third-order valence-corrected chi connectivity index (χ3v) is 4.17. The summed E-state index contributed by atoms with van der Waals surface area (Å²) in [6, 6.07) is 8.28. The predicted octanol–water partition coefficient (Wildman–Crippen LogP) is 1.42. The van der Waals surface area contributed by atoms with Crippen molar-refractivity contribution in [3.05, 3.63) is 35.4 Å². The van der Waals surface area contributed by atoms with E-state index in [9.17, 15) is 9.59 Å². The summed E-state index contributed by atoms with van der Waals surface area (Å²) in [7, 11) is 0. The van der Waals surface area contributed by atoms with E-state index in [0.29, 0.717) is 19.4 Å². The standard InChI is InChI=1S/C17H25N3O2.ClH/c1-13-4-6-14(7-5-13)8-9-16(21)19-12-17(22)20-10-2-3-15(20)11-18;/h4-7,15H,2-3,8-12,18H2,1H3,(H,19,21);1H. The number of carbonyl (C=O) groups excluding carboxylic acids is 2. The number of nitrogens with zero attached hydrogens (tertiary/aromatic N) is 1. The summed E-state index contributed by atoms with van der Waals surface area (Å²) in [5.41, 5.74) is 8.00. The van der Waals surface area contributed by atoms with E-state index in [-0.39, 0.29) is 36.8 Å². The molecular weight excluding hydrogens is 314 g/mol. The Kier molecular flexibility index (Phi) is 8.06. The summed E-state index contributed by atoms with van der Waals surface area (Å²) in [5.74, 6) is -0.117. The topological polar surface area (TPSA) is 75.4 Å². The van der Waals surface area contributed by atoms with Crippen molar-refractivity contribution in [2.75, 3.05) is 19.6 Å². The van der Waals surface area contributed by atoms with Gasteiger partial charge in [-0.05, 0) is 31.7 Å². The van der Waals surface area contributed by atoms with Gasteiger partial charge in [-0.3, -0.25) is 9.59 Å². The normalized spacial score (nSPS) is 16.8. The van der Waals surface area contributed by atoms with Gasteiger partial charge in [0, 0.05) is 25.6 Å². The van der Waals surface area contributed by atoms with Crippen molar-refractivity contribution >= 4 is 24.2 Å². The molecule has 23 heavy (non-hydrogen) atoms. The van der Waals surface area contributed by atoms with Crippen LogP contribution in [0, 0.1) is 6.92 Å². The Hall–Kier alpha value is -1.59. The van der Waals surface area contributed by atoms with E-state index in [2.05, 4.69) is 5.32 Å². The maximum atomic E-state index is 12.1. The second-order valence-electron chi connectivity index (χ2n) is 5.88. The molecule has 1 unspecified atom stereocenters. The van der Waals surface area contributed by atoms with Gasteiger partial charge < -0.3 is 16.0 Å². The molecule has 0 radical (unpaired) electrons. The molecule has 0 saturated carbocycles. The number of rotatable bonds is 6. The SMILES string of the molecule is Cc1ccc(CCC(=O)NCC(=O)N2CCCC2CN)cc1.Cl. The highest BCUT2D eigenvalue weighted by molar-refractivity contribution is 5.85. The average Bonchev–Trinajstić information content (AvgIpc) is 3.00.